The SMILES string of the molecule is COc1ccc(-c2ccccc2)cc1N1C(=O)[C@H]2C[C@@H]1CN2CCCO. The van der Waals surface area contributed by atoms with E-state index in [9.17, 15) is 4.79 Å². The van der Waals surface area contributed by atoms with Gasteiger partial charge in [0.2, 0.25) is 5.91 Å². The molecule has 2 saturated heterocycles. The molecule has 2 aliphatic heterocycles. The standard InChI is InChI=1S/C21H24N2O3/c1-26-20-9-8-16(15-6-3-2-4-7-15)12-18(20)23-17-13-19(21(23)25)22(14-17)10-5-11-24/h2-4,6-9,12,17,19,24H,5,10-11,13-14H2,1H3/t17-,19-/m1/s1. The maximum Gasteiger partial charge on any atom is 0.244 e. The van der Waals surface area contributed by atoms with E-state index in [1.165, 1.54) is 0 Å². The number of carbonyl (C=O) groups is 1. The van der Waals surface area contributed by atoms with Gasteiger partial charge in [-0.1, -0.05) is 36.4 Å². The van der Waals surface area contributed by atoms with E-state index in [2.05, 4.69) is 23.1 Å². The predicted octanol–water partition coefficient (Wildman–Crippen LogP) is 2.53. The number of anilines is 1. The van der Waals surface area contributed by atoms with E-state index in [0.29, 0.717) is 6.42 Å². The van der Waals surface area contributed by atoms with Gasteiger partial charge in [0.15, 0.2) is 0 Å². The Morgan fingerprint density at radius 3 is 2.65 bits per heavy atom. The van der Waals surface area contributed by atoms with Gasteiger partial charge >= 0.3 is 0 Å². The van der Waals surface area contributed by atoms with Crippen LogP contribution in [0, 0.1) is 0 Å². The Labute approximate surface area is 153 Å². The van der Waals surface area contributed by atoms with E-state index in [-0.39, 0.29) is 24.6 Å². The molecule has 4 rings (SSSR count). The molecule has 0 radical (unpaired) electrons. The van der Waals surface area contributed by atoms with Crippen molar-refractivity contribution in [3.8, 4) is 16.9 Å². The molecule has 1 N–H and O–H groups in total. The molecule has 26 heavy (non-hydrogen) atoms. The van der Waals surface area contributed by atoms with Crippen LogP contribution in [0.25, 0.3) is 11.1 Å². The number of nitrogens with zero attached hydrogens (tertiary/aromatic N) is 2. The molecule has 0 spiro atoms. The molecule has 2 aromatic rings. The van der Waals surface area contributed by atoms with Gasteiger partial charge in [0.05, 0.1) is 24.9 Å². The van der Waals surface area contributed by atoms with Gasteiger partial charge in [-0.2, -0.15) is 0 Å². The zero-order valence-corrected chi connectivity index (χ0v) is 15.0. The Bertz CT molecular complexity index is 793. The van der Waals surface area contributed by atoms with Crippen LogP contribution in [0.5, 0.6) is 5.75 Å². The minimum atomic E-state index is -0.0726. The molecule has 2 fully saturated rings. The van der Waals surface area contributed by atoms with E-state index in [1.807, 2.05) is 35.2 Å². The van der Waals surface area contributed by atoms with Crippen LogP contribution in [0.15, 0.2) is 48.5 Å². The maximum absolute atomic E-state index is 13.0. The maximum atomic E-state index is 13.0. The Balaban J connectivity index is 1.65. The van der Waals surface area contributed by atoms with Gasteiger partial charge in [-0.15, -0.1) is 0 Å². The minimum Gasteiger partial charge on any atom is -0.495 e. The van der Waals surface area contributed by atoms with Gasteiger partial charge in [-0.3, -0.25) is 9.69 Å². The van der Waals surface area contributed by atoms with Gasteiger partial charge in [-0.25, -0.2) is 0 Å². The molecule has 136 valence electrons. The second kappa shape index (κ2) is 7.09. The Morgan fingerprint density at radius 2 is 1.96 bits per heavy atom. The number of piperazine rings is 1. The molecule has 2 atom stereocenters. The smallest absolute Gasteiger partial charge is 0.244 e. The van der Waals surface area contributed by atoms with Crippen LogP contribution in [-0.2, 0) is 4.79 Å². The van der Waals surface area contributed by atoms with Gasteiger partial charge in [-0.05, 0) is 36.1 Å². The summed E-state index contributed by atoms with van der Waals surface area (Å²) >= 11 is 0. The highest BCUT2D eigenvalue weighted by Crippen LogP contribution is 2.41. The van der Waals surface area contributed by atoms with Crippen LogP contribution in [0.1, 0.15) is 12.8 Å². The lowest BCUT2D eigenvalue weighted by Crippen LogP contribution is -2.50. The molecular formula is C21H24N2O3. The lowest BCUT2D eigenvalue weighted by molar-refractivity contribution is -0.122. The zero-order chi connectivity index (χ0) is 18.1. The lowest BCUT2D eigenvalue weighted by Gasteiger charge is -2.34. The third-order valence-electron chi connectivity index (χ3n) is 5.42. The molecule has 2 aromatic carbocycles. The molecule has 2 heterocycles. The van der Waals surface area contributed by atoms with Crippen molar-refractivity contribution < 1.29 is 14.6 Å². The number of benzene rings is 2. The molecule has 0 aliphatic carbocycles. The first-order valence-electron chi connectivity index (χ1n) is 9.14. The van der Waals surface area contributed by atoms with Gasteiger partial charge in [0.1, 0.15) is 5.75 Å². The first-order valence-corrected chi connectivity index (χ1v) is 9.14. The summed E-state index contributed by atoms with van der Waals surface area (Å²) < 4.78 is 5.56. The normalized spacial score (nSPS) is 22.2. The average Bonchev–Trinajstić information content (AvgIpc) is 3.24. The number of methoxy groups -OCH3 is 1. The fraction of sp³-hybridized carbons (Fsp3) is 0.381. The fourth-order valence-corrected chi connectivity index (χ4v) is 4.19. The van der Waals surface area contributed by atoms with Crippen molar-refractivity contribution in [2.75, 3.05) is 31.7 Å². The summed E-state index contributed by atoms with van der Waals surface area (Å²) in [6.07, 6.45) is 1.56. The topological polar surface area (TPSA) is 53.0 Å². The second-order valence-electron chi connectivity index (χ2n) is 6.94. The molecule has 0 unspecified atom stereocenters. The van der Waals surface area contributed by atoms with Gasteiger partial charge < -0.3 is 14.7 Å². The van der Waals surface area contributed by atoms with Gasteiger partial charge in [0.25, 0.3) is 0 Å². The fourth-order valence-electron chi connectivity index (χ4n) is 4.19. The summed E-state index contributed by atoms with van der Waals surface area (Å²) in [6.45, 7) is 1.80. The lowest BCUT2D eigenvalue weighted by atomic mass is 10.0. The molecule has 2 bridgehead atoms. The Kier molecular flexibility index (Phi) is 4.66. The van der Waals surface area contributed by atoms with Crippen molar-refractivity contribution in [1.29, 1.82) is 0 Å². The summed E-state index contributed by atoms with van der Waals surface area (Å²) in [6, 6.07) is 16.3. The minimum absolute atomic E-state index is 0.0726. The first-order chi connectivity index (χ1) is 12.7. The number of rotatable bonds is 6. The first kappa shape index (κ1) is 17.1. The highest BCUT2D eigenvalue weighted by Gasteiger charge is 2.50. The molecule has 5 heteroatoms. The van der Waals surface area contributed by atoms with Crippen molar-refractivity contribution in [3.63, 3.8) is 0 Å². The van der Waals surface area contributed by atoms with E-state index < -0.39 is 0 Å². The molecular weight excluding hydrogens is 328 g/mol. The summed E-state index contributed by atoms with van der Waals surface area (Å²) in [7, 11) is 1.65. The summed E-state index contributed by atoms with van der Waals surface area (Å²) in [5, 5.41) is 9.06. The average molecular weight is 352 g/mol. The summed E-state index contributed by atoms with van der Waals surface area (Å²) in [5.74, 6) is 0.871. The van der Waals surface area contributed by atoms with Crippen molar-refractivity contribution in [1.82, 2.24) is 4.90 Å². The van der Waals surface area contributed by atoms with Crippen LogP contribution in [0.3, 0.4) is 0 Å². The van der Waals surface area contributed by atoms with E-state index in [4.69, 9.17) is 9.84 Å². The van der Waals surface area contributed by atoms with Crippen LogP contribution in [-0.4, -0.2) is 54.8 Å². The molecule has 5 nitrogen and oxygen atoms in total. The number of ether oxygens (including phenoxy) is 1. The predicted molar refractivity (Wildman–Crippen MR) is 101 cm³/mol. The Hall–Kier alpha value is -2.37. The summed E-state index contributed by atoms with van der Waals surface area (Å²) in [4.78, 5) is 17.1. The van der Waals surface area contributed by atoms with E-state index in [1.54, 1.807) is 7.11 Å². The van der Waals surface area contributed by atoms with Crippen molar-refractivity contribution in [2.24, 2.45) is 0 Å². The second-order valence-corrected chi connectivity index (χ2v) is 6.94. The van der Waals surface area contributed by atoms with Crippen molar-refractivity contribution in [2.45, 2.75) is 24.9 Å². The monoisotopic (exact) mass is 352 g/mol. The van der Waals surface area contributed by atoms with Crippen LogP contribution in [0.4, 0.5) is 5.69 Å². The number of aliphatic hydroxyl groups is 1. The number of aliphatic hydroxyl groups excluding tert-OH is 1. The van der Waals surface area contributed by atoms with Crippen LogP contribution >= 0.6 is 0 Å². The largest absolute Gasteiger partial charge is 0.495 e. The number of amides is 1. The van der Waals surface area contributed by atoms with E-state index in [0.717, 1.165) is 42.1 Å². The molecule has 0 saturated carbocycles. The zero-order valence-electron chi connectivity index (χ0n) is 15.0. The highest BCUT2D eigenvalue weighted by molar-refractivity contribution is 6.03. The third-order valence-corrected chi connectivity index (χ3v) is 5.42. The van der Waals surface area contributed by atoms with Crippen molar-refractivity contribution >= 4 is 11.6 Å². The number of likely N-dealkylation sites (tertiary alicyclic amines) is 1. The van der Waals surface area contributed by atoms with Crippen LogP contribution in [0.2, 0.25) is 0 Å². The van der Waals surface area contributed by atoms with E-state index >= 15 is 0 Å². The number of fused-ring (bicyclic) bond motifs is 2. The van der Waals surface area contributed by atoms with Crippen LogP contribution < -0.4 is 9.64 Å². The number of hydrogen-bond donors (Lipinski definition) is 1. The Morgan fingerprint density at radius 1 is 1.15 bits per heavy atom. The molecule has 2 aliphatic rings. The third kappa shape index (κ3) is 2.87. The molecule has 1 amide bonds. The highest BCUT2D eigenvalue weighted by atomic mass is 16.5. The number of hydrogen-bond acceptors (Lipinski definition) is 4. The quantitative estimate of drug-likeness (QED) is 0.868. The van der Waals surface area contributed by atoms with Gasteiger partial charge in [0, 0.05) is 19.7 Å². The number of carbonyl (C=O) groups excluding carboxylic acids is 1. The molecule has 0 aromatic heterocycles. The van der Waals surface area contributed by atoms with Crippen molar-refractivity contribution in [3.05, 3.63) is 48.5 Å². The summed E-state index contributed by atoms with van der Waals surface area (Å²) in [5.41, 5.74) is 3.06.